The Labute approximate surface area is 365 Å². The maximum atomic E-state index is 13.6. The predicted molar refractivity (Wildman–Crippen MR) is 232 cm³/mol. The van der Waals surface area contributed by atoms with Crippen molar-refractivity contribution in [2.75, 3.05) is 41.6 Å². The van der Waals surface area contributed by atoms with Gasteiger partial charge in [-0.25, -0.2) is 9.59 Å². The summed E-state index contributed by atoms with van der Waals surface area (Å²) in [6.07, 6.45) is -2.74. The van der Waals surface area contributed by atoms with E-state index in [0.29, 0.717) is 29.2 Å². The van der Waals surface area contributed by atoms with Gasteiger partial charge in [-0.2, -0.15) is 13.2 Å². The molecule has 0 fully saturated rings. The number of hydrogen-bond acceptors (Lipinski definition) is 8. The Balaban J connectivity index is 1.24. The Kier molecular flexibility index (Phi) is 16.0. The molecule has 5 rings (SSSR count). The maximum Gasteiger partial charge on any atom is 0.471 e. The zero-order chi connectivity index (χ0) is 45.8. The van der Waals surface area contributed by atoms with E-state index in [1.54, 1.807) is 53.7 Å². The lowest BCUT2D eigenvalue weighted by molar-refractivity contribution is -0.175. The molecule has 334 valence electrons. The number of nitrogens with two attached hydrogens (primary N) is 1. The number of nitrogens with zero attached hydrogens (tertiary/aromatic N) is 1. The highest BCUT2D eigenvalue weighted by molar-refractivity contribution is 6.19. The van der Waals surface area contributed by atoms with Crippen LogP contribution in [0.4, 0.5) is 39.8 Å². The fourth-order valence-corrected chi connectivity index (χ4v) is 7.12. The summed E-state index contributed by atoms with van der Waals surface area (Å²) in [6.45, 7) is 3.05. The van der Waals surface area contributed by atoms with Crippen molar-refractivity contribution in [3.05, 3.63) is 102 Å². The van der Waals surface area contributed by atoms with E-state index in [0.717, 1.165) is 21.9 Å². The van der Waals surface area contributed by atoms with E-state index in [4.69, 9.17) is 26.8 Å². The summed E-state index contributed by atoms with van der Waals surface area (Å²) >= 11 is 6.43. The van der Waals surface area contributed by atoms with Gasteiger partial charge in [0.1, 0.15) is 24.4 Å². The number of methoxy groups -OCH3 is 1. The summed E-state index contributed by atoms with van der Waals surface area (Å²) in [7, 11) is 1.57. The second-order valence-electron chi connectivity index (χ2n) is 14.9. The minimum Gasteiger partial charge on any atom is -0.497 e. The molecule has 0 radical (unpaired) electrons. The molecule has 15 nitrogen and oxygen atoms in total. The number of amides is 7. The Bertz CT molecular complexity index is 2340. The normalized spacial score (nSPS) is 14.4. The minimum absolute atomic E-state index is 0.0364. The number of fused-ring (bicyclic) bond motifs is 3. The first-order valence-electron chi connectivity index (χ1n) is 19.8. The fourth-order valence-electron chi connectivity index (χ4n) is 6.87. The van der Waals surface area contributed by atoms with Crippen LogP contribution in [0.15, 0.2) is 84.9 Å². The van der Waals surface area contributed by atoms with Gasteiger partial charge < -0.3 is 41.4 Å². The van der Waals surface area contributed by atoms with Crippen LogP contribution < -0.4 is 42.0 Å². The number of benzene rings is 4. The summed E-state index contributed by atoms with van der Waals surface area (Å²) in [6, 6.07) is 18.9. The fraction of sp³-hybridized carbons (Fsp3) is 0.318. The molecule has 7 amide bonds. The monoisotopic (exact) mass is 893 g/mol. The van der Waals surface area contributed by atoms with Gasteiger partial charge in [-0.05, 0) is 77.2 Å². The number of carbonyl (C=O) groups excluding carboxylic acids is 6. The molecule has 0 spiro atoms. The molecule has 0 aliphatic carbocycles. The first kappa shape index (κ1) is 47.2. The first-order chi connectivity index (χ1) is 30.0. The lowest BCUT2D eigenvalue weighted by atomic mass is 9.95. The van der Waals surface area contributed by atoms with Crippen molar-refractivity contribution in [3.63, 3.8) is 0 Å². The predicted octanol–water partition coefficient (Wildman–Crippen LogP) is 6.55. The topological polar surface area (TPSA) is 210 Å². The molecule has 4 aromatic carbocycles. The number of urea groups is 1. The van der Waals surface area contributed by atoms with Crippen LogP contribution in [0.2, 0.25) is 0 Å². The highest BCUT2D eigenvalue weighted by Crippen LogP contribution is 2.45. The summed E-state index contributed by atoms with van der Waals surface area (Å²) in [5, 5.41) is 13.4. The second-order valence-corrected chi connectivity index (χ2v) is 15.2. The number of halogens is 4. The number of primary amides is 1. The van der Waals surface area contributed by atoms with Gasteiger partial charge in [0, 0.05) is 42.0 Å². The molecule has 7 N–H and O–H groups in total. The van der Waals surface area contributed by atoms with Crippen LogP contribution in [0.3, 0.4) is 0 Å². The van der Waals surface area contributed by atoms with Gasteiger partial charge in [0.25, 0.3) is 5.91 Å². The number of alkyl halides is 4. The zero-order valence-electron chi connectivity index (χ0n) is 34.5. The Hall–Kier alpha value is -6.82. The number of hydrogen-bond donors (Lipinski definition) is 6. The molecule has 63 heavy (non-hydrogen) atoms. The second kappa shape index (κ2) is 21.3. The number of nitrogens with one attached hydrogen (secondary N) is 5. The van der Waals surface area contributed by atoms with Crippen LogP contribution in [0.1, 0.15) is 49.3 Å². The van der Waals surface area contributed by atoms with Crippen molar-refractivity contribution in [2.24, 2.45) is 11.7 Å². The molecule has 0 bridgehead atoms. The summed E-state index contributed by atoms with van der Waals surface area (Å²) < 4.78 is 49.6. The van der Waals surface area contributed by atoms with Crippen molar-refractivity contribution >= 4 is 81.3 Å². The largest absolute Gasteiger partial charge is 0.497 e. The average molecular weight is 894 g/mol. The molecular weight excluding hydrogens is 847 g/mol. The van der Waals surface area contributed by atoms with Gasteiger partial charge in [-0.15, -0.1) is 11.6 Å². The SMILES string of the molecule is COc1ccc(/C=C/C(=O)N2CC(CCl)c3c2cc(NC(=O)OCc2ccc(NC(=O)[C@H](CCCNC(N)=O)NC(=O)[C@@H](NC(=O)C(F)(F)F)C(C)C)cc2)c2ccccc32)cc1. The van der Waals surface area contributed by atoms with Crippen LogP contribution in [-0.2, 0) is 30.5 Å². The van der Waals surface area contributed by atoms with Crippen molar-refractivity contribution in [2.45, 2.75) is 57.5 Å². The van der Waals surface area contributed by atoms with Gasteiger partial charge >= 0.3 is 24.2 Å². The molecule has 1 heterocycles. The number of ether oxygens (including phenoxy) is 2. The van der Waals surface area contributed by atoms with E-state index in [2.05, 4.69) is 21.3 Å². The summed E-state index contributed by atoms with van der Waals surface area (Å²) in [5.41, 5.74) is 8.62. The highest BCUT2D eigenvalue weighted by Gasteiger charge is 2.42. The van der Waals surface area contributed by atoms with Crippen molar-refractivity contribution in [1.82, 2.24) is 16.0 Å². The smallest absolute Gasteiger partial charge is 0.471 e. The minimum atomic E-state index is -5.24. The maximum absolute atomic E-state index is 13.6. The molecule has 1 unspecified atom stereocenters. The van der Waals surface area contributed by atoms with Crippen LogP contribution >= 0.6 is 11.6 Å². The Morgan fingerprint density at radius 1 is 0.921 bits per heavy atom. The number of anilines is 3. The van der Waals surface area contributed by atoms with Gasteiger partial charge in [-0.3, -0.25) is 24.5 Å². The first-order valence-corrected chi connectivity index (χ1v) is 20.3. The van der Waals surface area contributed by atoms with Gasteiger partial charge in [-0.1, -0.05) is 62.4 Å². The van der Waals surface area contributed by atoms with Crippen LogP contribution in [-0.4, -0.2) is 80.1 Å². The van der Waals surface area contributed by atoms with E-state index in [-0.39, 0.29) is 49.4 Å². The quantitative estimate of drug-likeness (QED) is 0.0388. The lowest BCUT2D eigenvalue weighted by Crippen LogP contribution is -2.56. The Morgan fingerprint density at radius 2 is 1.60 bits per heavy atom. The third kappa shape index (κ3) is 12.6. The van der Waals surface area contributed by atoms with E-state index < -0.39 is 54.0 Å². The molecule has 0 saturated carbocycles. The average Bonchev–Trinajstić information content (AvgIpc) is 3.63. The van der Waals surface area contributed by atoms with Gasteiger partial charge in [0.05, 0.1) is 18.5 Å². The molecule has 4 aromatic rings. The third-order valence-corrected chi connectivity index (χ3v) is 10.4. The van der Waals surface area contributed by atoms with Crippen molar-refractivity contribution < 1.29 is 51.4 Å². The van der Waals surface area contributed by atoms with Gasteiger partial charge in [0.15, 0.2) is 0 Å². The summed E-state index contributed by atoms with van der Waals surface area (Å²) in [4.78, 5) is 77.6. The van der Waals surface area contributed by atoms with Crippen molar-refractivity contribution in [3.8, 4) is 5.75 Å². The molecule has 3 atom stereocenters. The summed E-state index contributed by atoms with van der Waals surface area (Å²) in [5.74, 6) is -4.31. The molecule has 19 heteroatoms. The molecule has 0 saturated heterocycles. The zero-order valence-corrected chi connectivity index (χ0v) is 35.3. The van der Waals surface area contributed by atoms with E-state index in [9.17, 15) is 41.9 Å². The number of carbonyl (C=O) groups is 6. The molecule has 0 aromatic heterocycles. The lowest BCUT2D eigenvalue weighted by Gasteiger charge is -2.25. The molecule has 1 aliphatic heterocycles. The van der Waals surface area contributed by atoms with Crippen LogP contribution in [0, 0.1) is 5.92 Å². The third-order valence-electron chi connectivity index (χ3n) is 10.1. The van der Waals surface area contributed by atoms with Crippen molar-refractivity contribution in [1.29, 1.82) is 0 Å². The van der Waals surface area contributed by atoms with Crippen LogP contribution in [0.25, 0.3) is 16.8 Å². The van der Waals surface area contributed by atoms with E-state index in [1.807, 2.05) is 36.4 Å². The van der Waals surface area contributed by atoms with E-state index >= 15 is 0 Å². The highest BCUT2D eigenvalue weighted by atomic mass is 35.5. The van der Waals surface area contributed by atoms with Gasteiger partial charge in [0.2, 0.25) is 11.8 Å². The molecule has 1 aliphatic rings. The number of rotatable bonds is 17. The van der Waals surface area contributed by atoms with Crippen LogP contribution in [0.5, 0.6) is 5.75 Å². The Morgan fingerprint density at radius 3 is 2.22 bits per heavy atom. The molecular formula is C44H47ClF3N7O8. The standard InChI is InChI=1S/C44H47ClF3N7O8/c1-25(2)38(54-41(59)44(46,47)48)40(58)52-33(9-6-20-50-42(49)60)39(57)51-29-15-10-27(11-16-29)24-63-43(61)53-34-21-35-37(32-8-5-4-7-31(32)34)28(22-45)23-55(35)36(56)19-14-26-12-17-30(62-3)18-13-26/h4-5,7-8,10-19,21,25,28,33,38H,6,9,20,22-24H2,1-3H3,(H,51,57)(H,52,58)(H,53,61)(H,54,59)(H3,49,50,60)/b19-14+/t28?,33-,38-/m0/s1. The van der Waals surface area contributed by atoms with E-state index in [1.165, 1.54) is 32.1 Å².